The summed E-state index contributed by atoms with van der Waals surface area (Å²) >= 11 is 0. The van der Waals surface area contributed by atoms with Gasteiger partial charge in [0.05, 0.1) is 0 Å². The first-order chi connectivity index (χ1) is 16.0. The molecular weight excluding hydrogens is 451 g/mol. The van der Waals surface area contributed by atoms with Crippen molar-refractivity contribution >= 4 is 17.8 Å². The molecule has 1 aliphatic rings. The van der Waals surface area contributed by atoms with Gasteiger partial charge in [-0.3, -0.25) is 9.59 Å². The Balaban J connectivity index is 0.000000509. The van der Waals surface area contributed by atoms with Gasteiger partial charge < -0.3 is 20.2 Å². The fourth-order valence-electron chi connectivity index (χ4n) is 3.27. The molecular formula is C24H28F3N3O4. The first-order valence-electron chi connectivity index (χ1n) is 10.7. The molecule has 2 aromatic carbocycles. The molecule has 2 N–H and O–H groups in total. The molecule has 0 aliphatic carbocycles. The third kappa shape index (κ3) is 8.18. The number of hydrogen-bond donors (Lipinski definition) is 2. The molecule has 3 rings (SSSR count). The number of carboxylic acids is 1. The summed E-state index contributed by atoms with van der Waals surface area (Å²) in [4.78, 5) is 38.4. The molecule has 0 aromatic heterocycles. The lowest BCUT2D eigenvalue weighted by Crippen LogP contribution is -2.50. The Bertz CT molecular complexity index is 988. The summed E-state index contributed by atoms with van der Waals surface area (Å²) < 4.78 is 31.7. The lowest BCUT2D eigenvalue weighted by molar-refractivity contribution is -0.192. The fraction of sp³-hybridized carbons (Fsp3) is 0.375. The van der Waals surface area contributed by atoms with Crippen molar-refractivity contribution < 1.29 is 32.7 Å². The molecule has 0 unspecified atom stereocenters. The number of hydrogen-bond acceptors (Lipinski definition) is 4. The molecule has 2 amide bonds. The van der Waals surface area contributed by atoms with E-state index >= 15 is 0 Å². The number of aliphatic carboxylic acids is 1. The van der Waals surface area contributed by atoms with Crippen LogP contribution < -0.4 is 5.32 Å². The van der Waals surface area contributed by atoms with Gasteiger partial charge in [-0.05, 0) is 31.0 Å². The summed E-state index contributed by atoms with van der Waals surface area (Å²) in [7, 11) is 0. The average Bonchev–Trinajstić information content (AvgIpc) is 2.80. The molecule has 0 atom stereocenters. The highest BCUT2D eigenvalue weighted by atomic mass is 19.4. The van der Waals surface area contributed by atoms with Crippen molar-refractivity contribution in [3.05, 3.63) is 70.8 Å². The number of benzene rings is 2. The Morgan fingerprint density at radius 3 is 2.09 bits per heavy atom. The molecule has 2 aromatic rings. The van der Waals surface area contributed by atoms with Crippen LogP contribution in [0, 0.1) is 13.8 Å². The van der Waals surface area contributed by atoms with E-state index in [0.29, 0.717) is 25.2 Å². The first-order valence-corrected chi connectivity index (χ1v) is 10.7. The minimum absolute atomic E-state index is 0.00514. The van der Waals surface area contributed by atoms with Crippen LogP contribution in [-0.4, -0.2) is 71.6 Å². The number of nitrogens with zero attached hydrogens (tertiary/aromatic N) is 2. The van der Waals surface area contributed by atoms with Gasteiger partial charge in [-0.2, -0.15) is 13.2 Å². The fourth-order valence-corrected chi connectivity index (χ4v) is 3.27. The molecule has 1 aliphatic heterocycles. The molecule has 34 heavy (non-hydrogen) atoms. The number of aryl methyl sites for hydroxylation is 2. The van der Waals surface area contributed by atoms with Gasteiger partial charge in [0, 0.05) is 38.3 Å². The van der Waals surface area contributed by atoms with Gasteiger partial charge in [-0.25, -0.2) is 4.79 Å². The molecule has 1 saturated heterocycles. The summed E-state index contributed by atoms with van der Waals surface area (Å²) in [6, 6.07) is 15.6. The number of amides is 2. The predicted octanol–water partition coefficient (Wildman–Crippen LogP) is 3.01. The zero-order valence-corrected chi connectivity index (χ0v) is 19.1. The molecule has 1 heterocycles. The van der Waals surface area contributed by atoms with Crippen molar-refractivity contribution in [1.29, 1.82) is 0 Å². The lowest BCUT2D eigenvalue weighted by Gasteiger charge is -2.30. The van der Waals surface area contributed by atoms with Gasteiger partial charge in [-0.1, -0.05) is 48.0 Å². The highest BCUT2D eigenvalue weighted by Gasteiger charge is 2.38. The van der Waals surface area contributed by atoms with Crippen molar-refractivity contribution in [2.24, 2.45) is 0 Å². The monoisotopic (exact) mass is 479 g/mol. The van der Waals surface area contributed by atoms with E-state index in [2.05, 4.69) is 5.32 Å². The smallest absolute Gasteiger partial charge is 0.475 e. The second-order valence-corrected chi connectivity index (χ2v) is 7.90. The highest BCUT2D eigenvalue weighted by Crippen LogP contribution is 2.15. The third-order valence-corrected chi connectivity index (χ3v) is 5.20. The van der Waals surface area contributed by atoms with Gasteiger partial charge in [0.15, 0.2) is 0 Å². The van der Waals surface area contributed by atoms with E-state index in [1.807, 2.05) is 67.3 Å². The van der Waals surface area contributed by atoms with E-state index in [9.17, 15) is 22.8 Å². The van der Waals surface area contributed by atoms with E-state index in [1.165, 1.54) is 5.56 Å². The Kier molecular flexibility index (Phi) is 9.61. The second-order valence-electron chi connectivity index (χ2n) is 7.90. The van der Waals surface area contributed by atoms with Crippen molar-refractivity contribution in [3.63, 3.8) is 0 Å². The minimum atomic E-state index is -5.08. The Labute approximate surface area is 196 Å². The van der Waals surface area contributed by atoms with Crippen LogP contribution in [-0.2, 0) is 16.1 Å². The quantitative estimate of drug-likeness (QED) is 0.688. The average molecular weight is 479 g/mol. The number of carbonyl (C=O) groups excluding carboxylic acids is 2. The summed E-state index contributed by atoms with van der Waals surface area (Å²) in [6.45, 7) is 7.46. The molecule has 0 spiro atoms. The standard InChI is InChI=1S/C22H27N3O2.C2HF3O2/c1-17-7-9-19(10-8-17)15-25(16-21(26)24-13-11-23-12-14-24)22(27)20-6-4-3-5-18(20)2;3-2(4,5)1(6)7/h3-10,23H,11-16H2,1-2H3;(H,6,7). The van der Waals surface area contributed by atoms with Crippen LogP contribution in [0.5, 0.6) is 0 Å². The van der Waals surface area contributed by atoms with Crippen LogP contribution in [0.15, 0.2) is 48.5 Å². The maximum atomic E-state index is 13.2. The SMILES string of the molecule is Cc1ccc(CN(CC(=O)N2CCNCC2)C(=O)c2ccccc2C)cc1.O=C(O)C(F)(F)F. The number of carbonyl (C=O) groups is 3. The predicted molar refractivity (Wildman–Crippen MR) is 120 cm³/mol. The Hall–Kier alpha value is -3.40. The maximum Gasteiger partial charge on any atom is 0.490 e. The molecule has 7 nitrogen and oxygen atoms in total. The zero-order chi connectivity index (χ0) is 25.3. The molecule has 184 valence electrons. The second kappa shape index (κ2) is 12.2. The van der Waals surface area contributed by atoms with Gasteiger partial charge in [-0.15, -0.1) is 0 Å². The number of alkyl halides is 3. The highest BCUT2D eigenvalue weighted by molar-refractivity contribution is 5.97. The van der Waals surface area contributed by atoms with E-state index in [4.69, 9.17) is 9.90 Å². The molecule has 0 saturated carbocycles. The van der Waals surface area contributed by atoms with Crippen LogP contribution in [0.4, 0.5) is 13.2 Å². The van der Waals surface area contributed by atoms with Crippen LogP contribution in [0.25, 0.3) is 0 Å². The molecule has 0 bridgehead atoms. The lowest BCUT2D eigenvalue weighted by atomic mass is 10.1. The maximum absolute atomic E-state index is 13.2. The van der Waals surface area contributed by atoms with Crippen molar-refractivity contribution in [3.8, 4) is 0 Å². The van der Waals surface area contributed by atoms with E-state index in [1.54, 1.807) is 4.90 Å². The Morgan fingerprint density at radius 1 is 1.00 bits per heavy atom. The van der Waals surface area contributed by atoms with Crippen molar-refractivity contribution in [2.75, 3.05) is 32.7 Å². The minimum Gasteiger partial charge on any atom is -0.475 e. The number of rotatable bonds is 5. The zero-order valence-electron chi connectivity index (χ0n) is 19.1. The third-order valence-electron chi connectivity index (χ3n) is 5.20. The summed E-state index contributed by atoms with van der Waals surface area (Å²) in [5.41, 5.74) is 3.77. The van der Waals surface area contributed by atoms with E-state index in [-0.39, 0.29) is 18.4 Å². The molecule has 1 fully saturated rings. The van der Waals surface area contributed by atoms with Crippen LogP contribution >= 0.6 is 0 Å². The van der Waals surface area contributed by atoms with E-state index in [0.717, 1.165) is 24.2 Å². The summed E-state index contributed by atoms with van der Waals surface area (Å²) in [5.74, 6) is -2.85. The summed E-state index contributed by atoms with van der Waals surface area (Å²) in [5, 5.41) is 10.4. The van der Waals surface area contributed by atoms with Crippen molar-refractivity contribution in [2.45, 2.75) is 26.6 Å². The number of halogens is 3. The van der Waals surface area contributed by atoms with Crippen LogP contribution in [0.1, 0.15) is 27.0 Å². The number of piperazine rings is 1. The number of carboxylic acid groups (broad SMARTS) is 1. The van der Waals surface area contributed by atoms with Gasteiger partial charge in [0.2, 0.25) is 5.91 Å². The summed E-state index contributed by atoms with van der Waals surface area (Å²) in [6.07, 6.45) is -5.08. The van der Waals surface area contributed by atoms with E-state index < -0.39 is 12.1 Å². The van der Waals surface area contributed by atoms with Gasteiger partial charge in [0.1, 0.15) is 6.54 Å². The van der Waals surface area contributed by atoms with Gasteiger partial charge in [0.25, 0.3) is 5.91 Å². The van der Waals surface area contributed by atoms with Crippen molar-refractivity contribution in [1.82, 2.24) is 15.1 Å². The number of nitrogens with one attached hydrogen (secondary N) is 1. The largest absolute Gasteiger partial charge is 0.490 e. The van der Waals surface area contributed by atoms with Crippen LogP contribution in [0.2, 0.25) is 0 Å². The molecule has 0 radical (unpaired) electrons. The first kappa shape index (κ1) is 26.8. The Morgan fingerprint density at radius 2 is 1.56 bits per heavy atom. The van der Waals surface area contributed by atoms with Crippen LogP contribution in [0.3, 0.4) is 0 Å². The van der Waals surface area contributed by atoms with Gasteiger partial charge >= 0.3 is 12.1 Å². The topological polar surface area (TPSA) is 90.0 Å². The molecule has 10 heteroatoms. The normalized spacial score (nSPS) is 13.5.